The number of ether oxygens (including phenoxy) is 1. The van der Waals surface area contributed by atoms with E-state index in [0.29, 0.717) is 30.6 Å². The number of carboxylic acid groups (broad SMARTS) is 1. The summed E-state index contributed by atoms with van der Waals surface area (Å²) in [5.41, 5.74) is 0.770. The maximum Gasteiger partial charge on any atom is 0.310 e. The molecule has 1 aliphatic heterocycles. The van der Waals surface area contributed by atoms with Crippen LogP contribution in [0.5, 0.6) is 0 Å². The zero-order valence-corrected chi connectivity index (χ0v) is 9.48. The van der Waals surface area contributed by atoms with Gasteiger partial charge in [0.05, 0.1) is 19.1 Å². The maximum absolute atomic E-state index is 11.2. The van der Waals surface area contributed by atoms with Gasteiger partial charge in [-0.1, -0.05) is 23.7 Å². The van der Waals surface area contributed by atoms with Crippen molar-refractivity contribution in [1.82, 2.24) is 0 Å². The Morgan fingerprint density at radius 3 is 2.81 bits per heavy atom. The normalized spacial score (nSPS) is 17.8. The van der Waals surface area contributed by atoms with Crippen molar-refractivity contribution in [3.8, 4) is 0 Å². The zero-order valence-electron chi connectivity index (χ0n) is 8.73. The predicted octanol–water partition coefficient (Wildman–Crippen LogP) is 2.54. The van der Waals surface area contributed by atoms with Crippen molar-refractivity contribution in [1.29, 1.82) is 0 Å². The molecule has 1 aromatic rings. The molecule has 0 spiro atoms. The highest BCUT2D eigenvalue weighted by molar-refractivity contribution is 6.30. The van der Waals surface area contributed by atoms with Gasteiger partial charge in [-0.2, -0.15) is 0 Å². The number of hydrogen-bond donors (Lipinski definition) is 1. The van der Waals surface area contributed by atoms with Crippen molar-refractivity contribution >= 4 is 17.6 Å². The lowest BCUT2D eigenvalue weighted by molar-refractivity contribution is -0.140. The Balaban J connectivity index is 2.14. The van der Waals surface area contributed by atoms with Gasteiger partial charge in [0.15, 0.2) is 0 Å². The first-order chi connectivity index (χ1) is 7.66. The van der Waals surface area contributed by atoms with Crippen LogP contribution in [-0.2, 0) is 9.53 Å². The summed E-state index contributed by atoms with van der Waals surface area (Å²) in [4.78, 5) is 11.2. The quantitative estimate of drug-likeness (QED) is 0.880. The van der Waals surface area contributed by atoms with Gasteiger partial charge in [0.1, 0.15) is 0 Å². The first kappa shape index (κ1) is 11.4. The molecule has 0 amide bonds. The van der Waals surface area contributed by atoms with Crippen LogP contribution in [0.2, 0.25) is 5.02 Å². The molecule has 1 aromatic carbocycles. The second-order valence-electron chi connectivity index (χ2n) is 4.09. The van der Waals surface area contributed by atoms with Gasteiger partial charge in [-0.3, -0.25) is 4.79 Å². The van der Waals surface area contributed by atoms with Gasteiger partial charge in [-0.15, -0.1) is 0 Å². The number of benzene rings is 1. The van der Waals surface area contributed by atoms with Crippen molar-refractivity contribution in [2.24, 2.45) is 5.92 Å². The molecule has 4 heteroatoms. The van der Waals surface area contributed by atoms with E-state index in [1.54, 1.807) is 18.2 Å². The number of rotatable bonds is 4. The smallest absolute Gasteiger partial charge is 0.310 e. The van der Waals surface area contributed by atoms with E-state index in [2.05, 4.69) is 0 Å². The molecule has 1 unspecified atom stereocenters. The number of halogens is 1. The minimum atomic E-state index is -0.797. The minimum absolute atomic E-state index is 0.361. The van der Waals surface area contributed by atoms with Gasteiger partial charge < -0.3 is 9.84 Å². The van der Waals surface area contributed by atoms with Crippen molar-refractivity contribution in [2.75, 3.05) is 13.2 Å². The van der Waals surface area contributed by atoms with E-state index in [4.69, 9.17) is 16.3 Å². The summed E-state index contributed by atoms with van der Waals surface area (Å²) in [6.45, 7) is 1.34. The third-order valence-corrected chi connectivity index (χ3v) is 3.06. The summed E-state index contributed by atoms with van der Waals surface area (Å²) < 4.78 is 5.06. The van der Waals surface area contributed by atoms with Crippen molar-refractivity contribution < 1.29 is 14.6 Å². The fourth-order valence-electron chi connectivity index (χ4n) is 1.86. The molecule has 0 aliphatic carbocycles. The monoisotopic (exact) mass is 240 g/mol. The van der Waals surface area contributed by atoms with E-state index < -0.39 is 11.9 Å². The molecule has 16 heavy (non-hydrogen) atoms. The van der Waals surface area contributed by atoms with Crippen LogP contribution < -0.4 is 0 Å². The molecule has 3 nitrogen and oxygen atoms in total. The molecule has 1 aliphatic rings. The van der Waals surface area contributed by atoms with Crippen molar-refractivity contribution in [2.45, 2.75) is 12.3 Å². The van der Waals surface area contributed by atoms with Crippen LogP contribution in [0.1, 0.15) is 17.9 Å². The SMILES string of the molecule is O=C(O)C(CC1COC1)c1cccc(Cl)c1. The van der Waals surface area contributed by atoms with Crippen LogP contribution >= 0.6 is 11.6 Å². The maximum atomic E-state index is 11.2. The van der Waals surface area contributed by atoms with Crippen LogP contribution in [0.3, 0.4) is 0 Å². The number of hydrogen-bond acceptors (Lipinski definition) is 2. The second kappa shape index (κ2) is 4.85. The van der Waals surface area contributed by atoms with E-state index >= 15 is 0 Å². The fourth-order valence-corrected chi connectivity index (χ4v) is 2.06. The van der Waals surface area contributed by atoms with Gasteiger partial charge in [-0.05, 0) is 24.1 Å². The lowest BCUT2D eigenvalue weighted by Crippen LogP contribution is -2.30. The largest absolute Gasteiger partial charge is 0.481 e. The first-order valence-electron chi connectivity index (χ1n) is 5.23. The Morgan fingerprint density at radius 2 is 2.31 bits per heavy atom. The number of carbonyl (C=O) groups is 1. The zero-order chi connectivity index (χ0) is 11.5. The summed E-state index contributed by atoms with van der Waals surface area (Å²) >= 11 is 5.86. The molecule has 1 saturated heterocycles. The van der Waals surface area contributed by atoms with E-state index in [1.807, 2.05) is 6.07 Å². The molecule has 1 atom stereocenters. The lowest BCUT2D eigenvalue weighted by atomic mass is 9.88. The average Bonchev–Trinajstić information content (AvgIpc) is 2.15. The topological polar surface area (TPSA) is 46.5 Å². The minimum Gasteiger partial charge on any atom is -0.481 e. The summed E-state index contributed by atoms with van der Waals surface area (Å²) in [7, 11) is 0. The van der Waals surface area contributed by atoms with Crippen molar-refractivity contribution in [3.05, 3.63) is 34.9 Å². The van der Waals surface area contributed by atoms with E-state index in [1.165, 1.54) is 0 Å². The molecule has 1 N–H and O–H groups in total. The van der Waals surface area contributed by atoms with E-state index in [9.17, 15) is 9.90 Å². The number of aliphatic carboxylic acids is 1. The van der Waals surface area contributed by atoms with Gasteiger partial charge in [-0.25, -0.2) is 0 Å². The van der Waals surface area contributed by atoms with Gasteiger partial charge >= 0.3 is 5.97 Å². The van der Waals surface area contributed by atoms with E-state index in [0.717, 1.165) is 5.56 Å². The molecular weight excluding hydrogens is 228 g/mol. The summed E-state index contributed by atoms with van der Waals surface area (Å²) in [6, 6.07) is 7.06. The standard InChI is InChI=1S/C12H13ClO3/c13-10-3-1-2-9(5-10)11(12(14)15)4-8-6-16-7-8/h1-3,5,8,11H,4,6-7H2,(H,14,15). The van der Waals surface area contributed by atoms with Crippen LogP contribution in [0.15, 0.2) is 24.3 Å². The average molecular weight is 241 g/mol. The van der Waals surface area contributed by atoms with Gasteiger partial charge in [0.25, 0.3) is 0 Å². The summed E-state index contributed by atoms with van der Waals surface area (Å²) in [6.07, 6.45) is 0.621. The van der Waals surface area contributed by atoms with Gasteiger partial charge in [0.2, 0.25) is 0 Å². The summed E-state index contributed by atoms with van der Waals surface area (Å²) in [5.74, 6) is -0.915. The highest BCUT2D eigenvalue weighted by Gasteiger charge is 2.28. The molecule has 0 saturated carbocycles. The Kier molecular flexibility index (Phi) is 3.46. The third-order valence-electron chi connectivity index (χ3n) is 2.83. The van der Waals surface area contributed by atoms with E-state index in [-0.39, 0.29) is 0 Å². The van der Waals surface area contributed by atoms with Crippen LogP contribution in [-0.4, -0.2) is 24.3 Å². The third kappa shape index (κ3) is 2.54. The molecule has 1 fully saturated rings. The molecule has 0 bridgehead atoms. The number of carboxylic acids is 1. The fraction of sp³-hybridized carbons (Fsp3) is 0.417. The second-order valence-corrected chi connectivity index (χ2v) is 4.52. The highest BCUT2D eigenvalue weighted by atomic mass is 35.5. The Bertz CT molecular complexity index is 388. The van der Waals surface area contributed by atoms with Crippen molar-refractivity contribution in [3.63, 3.8) is 0 Å². The summed E-state index contributed by atoms with van der Waals surface area (Å²) in [5, 5.41) is 9.78. The Morgan fingerprint density at radius 1 is 1.56 bits per heavy atom. The first-order valence-corrected chi connectivity index (χ1v) is 5.60. The Hall–Kier alpha value is -1.06. The van der Waals surface area contributed by atoms with Crippen LogP contribution in [0.4, 0.5) is 0 Å². The van der Waals surface area contributed by atoms with Crippen LogP contribution in [0.25, 0.3) is 0 Å². The van der Waals surface area contributed by atoms with Gasteiger partial charge in [0, 0.05) is 10.9 Å². The molecule has 0 aromatic heterocycles. The highest BCUT2D eigenvalue weighted by Crippen LogP contribution is 2.29. The lowest BCUT2D eigenvalue weighted by Gasteiger charge is -2.28. The predicted molar refractivity (Wildman–Crippen MR) is 60.8 cm³/mol. The molecule has 0 radical (unpaired) electrons. The molecular formula is C12H13ClO3. The molecule has 86 valence electrons. The molecule has 2 rings (SSSR count). The van der Waals surface area contributed by atoms with Crippen LogP contribution in [0, 0.1) is 5.92 Å². The Labute approximate surface area is 99.0 Å². The molecule has 1 heterocycles.